The van der Waals surface area contributed by atoms with Gasteiger partial charge in [-0.05, 0) is 90.7 Å². The second kappa shape index (κ2) is 14.5. The fourth-order valence-corrected chi connectivity index (χ4v) is 9.62. The third-order valence-corrected chi connectivity index (χ3v) is 12.2. The highest BCUT2D eigenvalue weighted by atomic mass is 32.1. The number of carbonyl (C=O) groups is 1. The van der Waals surface area contributed by atoms with Crippen molar-refractivity contribution >= 4 is 51.3 Å². The van der Waals surface area contributed by atoms with Gasteiger partial charge in [0.15, 0.2) is 0 Å². The number of hydrogen-bond acceptors (Lipinski definition) is 6. The molecule has 1 N–H and O–H groups in total. The second-order valence-corrected chi connectivity index (χ2v) is 14.6. The number of aromatic nitrogens is 1. The van der Waals surface area contributed by atoms with Crippen molar-refractivity contribution in [2.45, 2.75) is 78.1 Å². The summed E-state index contributed by atoms with van der Waals surface area (Å²) in [5.41, 5.74) is 3.93. The van der Waals surface area contributed by atoms with Crippen LogP contribution in [0.25, 0.3) is 39.7 Å². The van der Waals surface area contributed by atoms with Gasteiger partial charge in [-0.2, -0.15) is 0 Å². The molecule has 0 fully saturated rings. The highest BCUT2D eigenvalue weighted by molar-refractivity contribution is 7.28. The van der Waals surface area contributed by atoms with Crippen LogP contribution in [0.4, 0.5) is 0 Å². The lowest BCUT2D eigenvalue weighted by Gasteiger charge is -2.02. The number of hydrogen-bond donors (Lipinski definition) is 1. The summed E-state index contributed by atoms with van der Waals surface area (Å²) in [5.74, 6) is -0.995. The fourth-order valence-electron chi connectivity index (χ4n) is 5.05. The number of carboxylic acid groups (broad SMARTS) is 1. The minimum absolute atomic E-state index is 0.0784. The van der Waals surface area contributed by atoms with Crippen LogP contribution in [0.3, 0.4) is 0 Å². The van der Waals surface area contributed by atoms with Gasteiger partial charge in [0, 0.05) is 45.9 Å². The van der Waals surface area contributed by atoms with Crippen LogP contribution in [-0.4, -0.2) is 16.1 Å². The maximum Gasteiger partial charge on any atom is 0.354 e. The van der Waals surface area contributed by atoms with E-state index >= 15 is 0 Å². The van der Waals surface area contributed by atoms with E-state index in [0.717, 1.165) is 16.9 Å². The number of thiophene rings is 4. The molecule has 0 bridgehead atoms. The van der Waals surface area contributed by atoms with Crippen LogP contribution in [0.1, 0.15) is 86.8 Å². The van der Waals surface area contributed by atoms with Crippen molar-refractivity contribution in [3.63, 3.8) is 0 Å². The molecule has 0 saturated heterocycles. The maximum atomic E-state index is 11.3. The van der Waals surface area contributed by atoms with E-state index in [-0.39, 0.29) is 5.69 Å². The van der Waals surface area contributed by atoms with Crippen molar-refractivity contribution in [2.24, 2.45) is 0 Å². The molecule has 7 heteroatoms. The Kier molecular flexibility index (Phi) is 10.6. The van der Waals surface area contributed by atoms with Crippen LogP contribution in [0.2, 0.25) is 0 Å². The normalized spacial score (nSPS) is 11.4. The Morgan fingerprint density at radius 2 is 1.32 bits per heavy atom. The summed E-state index contributed by atoms with van der Waals surface area (Å²) >= 11 is 7.45. The summed E-state index contributed by atoms with van der Waals surface area (Å²) in [7, 11) is 0. The number of unbranched alkanes of at least 4 members (excludes halogenated alkanes) is 6. The third kappa shape index (κ3) is 7.44. The van der Waals surface area contributed by atoms with E-state index < -0.39 is 5.97 Å². The van der Waals surface area contributed by atoms with E-state index in [9.17, 15) is 9.90 Å². The largest absolute Gasteiger partial charge is 0.477 e. The van der Waals surface area contributed by atoms with Crippen LogP contribution in [0.5, 0.6) is 0 Å². The number of carboxylic acids is 1. The lowest BCUT2D eigenvalue weighted by molar-refractivity contribution is 0.0690. The number of aromatic carboxylic acids is 1. The van der Waals surface area contributed by atoms with Crippen molar-refractivity contribution in [3.05, 3.63) is 76.9 Å². The monoisotopic (exact) mass is 619 g/mol. The lowest BCUT2D eigenvalue weighted by Crippen LogP contribution is -1.98. The number of aryl methyl sites for hydroxylation is 2. The van der Waals surface area contributed by atoms with Gasteiger partial charge in [-0.3, -0.25) is 0 Å². The Labute approximate surface area is 259 Å². The number of nitrogens with zero attached hydrogens (tertiary/aromatic N) is 1. The van der Waals surface area contributed by atoms with Crippen molar-refractivity contribution in [2.75, 3.05) is 0 Å². The Hall–Kier alpha value is -2.58. The molecule has 0 aliphatic heterocycles. The summed E-state index contributed by atoms with van der Waals surface area (Å²) in [6, 6.07) is 17.2. The van der Waals surface area contributed by atoms with Gasteiger partial charge in [-0.25, -0.2) is 9.78 Å². The van der Waals surface area contributed by atoms with E-state index in [1.165, 1.54) is 98.2 Å². The number of rotatable bonds is 15. The van der Waals surface area contributed by atoms with E-state index in [1.807, 2.05) is 40.1 Å². The molecule has 3 nitrogen and oxygen atoms in total. The van der Waals surface area contributed by atoms with Crippen molar-refractivity contribution in [1.29, 1.82) is 0 Å². The molecule has 0 radical (unpaired) electrons. The molecule has 214 valence electrons. The SMILES string of the molecule is CCCCCCc1ccsc1-c1ccc(-c2ccc(-c3sc(-c4ccc(C(=O)O)nc4)cc3CCCCCC)s2)s1. The van der Waals surface area contributed by atoms with Crippen LogP contribution in [0.15, 0.2) is 60.1 Å². The smallest absolute Gasteiger partial charge is 0.354 e. The zero-order valence-electron chi connectivity index (χ0n) is 23.8. The minimum Gasteiger partial charge on any atom is -0.477 e. The van der Waals surface area contributed by atoms with Gasteiger partial charge in [0.05, 0.1) is 0 Å². The summed E-state index contributed by atoms with van der Waals surface area (Å²) in [6.07, 6.45) is 14.0. The van der Waals surface area contributed by atoms with Gasteiger partial charge in [0.1, 0.15) is 5.69 Å². The molecule has 5 aromatic rings. The molecular weight excluding hydrogens is 583 g/mol. The van der Waals surface area contributed by atoms with Crippen LogP contribution in [0, 0.1) is 0 Å². The maximum absolute atomic E-state index is 11.3. The first-order valence-electron chi connectivity index (χ1n) is 14.7. The van der Waals surface area contributed by atoms with E-state index in [0.29, 0.717) is 0 Å². The standard InChI is InChI=1S/C34H37NO2S4/c1-3-5-7-9-11-23-19-20-38-32(23)29-17-15-27(39-29)28-16-18-30(40-28)33-24(12-10-8-6-4-2)21-31(41-33)25-13-14-26(34(36)37)35-22-25/h13-22H,3-12H2,1-2H3,(H,36,37). The highest BCUT2D eigenvalue weighted by Gasteiger charge is 2.17. The van der Waals surface area contributed by atoms with Crippen LogP contribution < -0.4 is 0 Å². The molecule has 0 aliphatic rings. The van der Waals surface area contributed by atoms with E-state index in [4.69, 9.17) is 0 Å². The fraction of sp³-hybridized carbons (Fsp3) is 0.353. The topological polar surface area (TPSA) is 50.2 Å². The predicted molar refractivity (Wildman–Crippen MR) is 180 cm³/mol. The molecule has 0 amide bonds. The summed E-state index contributed by atoms with van der Waals surface area (Å²) in [4.78, 5) is 24.7. The zero-order chi connectivity index (χ0) is 28.6. The van der Waals surface area contributed by atoms with Gasteiger partial charge in [0.2, 0.25) is 0 Å². The van der Waals surface area contributed by atoms with Gasteiger partial charge in [0.25, 0.3) is 0 Å². The molecule has 41 heavy (non-hydrogen) atoms. The Morgan fingerprint density at radius 3 is 1.93 bits per heavy atom. The zero-order valence-corrected chi connectivity index (χ0v) is 27.0. The minimum atomic E-state index is -0.995. The molecule has 5 heterocycles. The van der Waals surface area contributed by atoms with Gasteiger partial charge >= 0.3 is 5.97 Å². The van der Waals surface area contributed by atoms with Gasteiger partial charge in [-0.1, -0.05) is 52.4 Å². The molecule has 0 spiro atoms. The van der Waals surface area contributed by atoms with Crippen molar-refractivity contribution in [3.8, 4) is 39.7 Å². The van der Waals surface area contributed by atoms with Crippen molar-refractivity contribution in [1.82, 2.24) is 4.98 Å². The molecule has 0 saturated carbocycles. The Bertz CT molecular complexity index is 1550. The molecule has 5 aromatic heterocycles. The molecular formula is C34H37NO2S4. The van der Waals surface area contributed by atoms with Gasteiger partial charge in [-0.15, -0.1) is 45.3 Å². The highest BCUT2D eigenvalue weighted by Crippen LogP contribution is 2.46. The lowest BCUT2D eigenvalue weighted by atomic mass is 10.1. The average molecular weight is 620 g/mol. The van der Waals surface area contributed by atoms with E-state index in [1.54, 1.807) is 23.6 Å². The summed E-state index contributed by atoms with van der Waals surface area (Å²) < 4.78 is 0. The molecule has 0 atom stereocenters. The van der Waals surface area contributed by atoms with Crippen molar-refractivity contribution < 1.29 is 9.90 Å². The predicted octanol–water partition coefficient (Wildman–Crippen LogP) is 11.9. The summed E-state index contributed by atoms with van der Waals surface area (Å²) in [6.45, 7) is 4.52. The molecule has 0 aromatic carbocycles. The first-order chi connectivity index (χ1) is 20.1. The first kappa shape index (κ1) is 29.9. The molecule has 0 aliphatic carbocycles. The quantitative estimate of drug-likeness (QED) is 0.119. The first-order valence-corrected chi connectivity index (χ1v) is 18.0. The molecule has 0 unspecified atom stereocenters. The molecule has 5 rings (SSSR count). The Balaban J connectivity index is 1.38. The van der Waals surface area contributed by atoms with Gasteiger partial charge < -0.3 is 5.11 Å². The van der Waals surface area contributed by atoms with Crippen LogP contribution in [-0.2, 0) is 12.8 Å². The second-order valence-electron chi connectivity index (χ2n) is 10.4. The average Bonchev–Trinajstić information content (AvgIpc) is 3.79. The number of pyridine rings is 1. The summed E-state index contributed by atoms with van der Waals surface area (Å²) in [5, 5.41) is 11.5. The third-order valence-electron chi connectivity index (χ3n) is 7.32. The van der Waals surface area contributed by atoms with Crippen LogP contribution >= 0.6 is 45.3 Å². The Morgan fingerprint density at radius 1 is 0.683 bits per heavy atom. The van der Waals surface area contributed by atoms with E-state index in [2.05, 4.69) is 60.6 Å².